The van der Waals surface area contributed by atoms with Crippen LogP contribution < -0.4 is 15.7 Å². The zero-order valence-electron chi connectivity index (χ0n) is 15.2. The number of piperidine rings is 1. The Bertz CT molecular complexity index is 945. The van der Waals surface area contributed by atoms with Gasteiger partial charge in [-0.2, -0.15) is 4.68 Å². The third-order valence-electron chi connectivity index (χ3n) is 5.25. The van der Waals surface area contributed by atoms with E-state index in [9.17, 15) is 9.90 Å². The zero-order chi connectivity index (χ0) is 19.5. The first-order valence-electron chi connectivity index (χ1n) is 9.23. The Morgan fingerprint density at radius 2 is 2.00 bits per heavy atom. The fraction of sp³-hybridized carbons (Fsp3) is 0.389. The largest absolute Gasteiger partial charge is 0.543 e. The van der Waals surface area contributed by atoms with Gasteiger partial charge >= 0.3 is 0 Å². The zero-order valence-corrected chi connectivity index (χ0v) is 15.2. The average Bonchev–Trinajstić information content (AvgIpc) is 3.30. The smallest absolute Gasteiger partial charge is 0.243 e. The molecule has 0 aliphatic carbocycles. The molecule has 1 aromatic carbocycles. The van der Waals surface area contributed by atoms with Crippen molar-refractivity contribution in [3.63, 3.8) is 0 Å². The number of aromatic nitrogens is 5. The van der Waals surface area contributed by atoms with Crippen LogP contribution >= 0.6 is 0 Å². The molecule has 2 aromatic heterocycles. The van der Waals surface area contributed by atoms with Crippen LogP contribution in [-0.2, 0) is 13.0 Å². The molecule has 0 bridgehead atoms. The lowest BCUT2D eigenvalue weighted by Gasteiger charge is -2.29. The van der Waals surface area contributed by atoms with E-state index in [0.717, 1.165) is 32.4 Å². The van der Waals surface area contributed by atoms with Gasteiger partial charge in [-0.25, -0.2) is 4.63 Å². The molecule has 3 N–H and O–H groups in total. The maximum Gasteiger partial charge on any atom is 0.243 e. The summed E-state index contributed by atoms with van der Waals surface area (Å²) in [6, 6.07) is 10.5. The van der Waals surface area contributed by atoms with Crippen LogP contribution in [0.5, 0.6) is 0 Å². The van der Waals surface area contributed by atoms with Gasteiger partial charge in [0, 0.05) is 0 Å². The van der Waals surface area contributed by atoms with Crippen LogP contribution in [-0.4, -0.2) is 44.4 Å². The summed E-state index contributed by atoms with van der Waals surface area (Å²) in [5.74, 6) is -0.596. The van der Waals surface area contributed by atoms with Gasteiger partial charge in [0.1, 0.15) is 17.9 Å². The Labute approximate surface area is 160 Å². The Balaban J connectivity index is 1.46. The third-order valence-corrected chi connectivity index (χ3v) is 5.25. The number of likely N-dealkylation sites (tertiary alicyclic amines) is 1. The molecule has 0 saturated carbocycles. The van der Waals surface area contributed by atoms with Gasteiger partial charge in [-0.15, -0.1) is 5.10 Å². The second-order valence-electron chi connectivity index (χ2n) is 7.12. The highest BCUT2D eigenvalue weighted by molar-refractivity contribution is 5.84. The van der Waals surface area contributed by atoms with E-state index in [1.165, 1.54) is 15.1 Å². The molecule has 0 radical (unpaired) electrons. The highest BCUT2D eigenvalue weighted by atomic mass is 16.6. The standard InChI is InChI=1S/C18H21N7O3/c19-16-17(22-28-21-16)25-14(15(18(26)27)20-23-25)11-24-8-6-13(7-9-24)10-12-4-2-1-3-5-12/h1-5,13H,6-11H2,(H2,19,21)(H,26,27). The van der Waals surface area contributed by atoms with Crippen LogP contribution in [0.2, 0.25) is 0 Å². The van der Waals surface area contributed by atoms with Gasteiger partial charge in [-0.05, 0) is 41.1 Å². The number of carboxylic acid groups (broad SMARTS) is 1. The summed E-state index contributed by atoms with van der Waals surface area (Å²) in [6.45, 7) is 2.30. The molecule has 1 fully saturated rings. The number of nitrogen functional groups attached to an aromatic ring is 1. The van der Waals surface area contributed by atoms with Crippen LogP contribution in [0.25, 0.3) is 5.82 Å². The van der Waals surface area contributed by atoms with E-state index < -0.39 is 5.97 Å². The van der Waals surface area contributed by atoms with E-state index in [1.807, 2.05) is 6.07 Å². The number of nitrogens with two attached hydrogens (primary N) is 1. The van der Waals surface area contributed by atoms with Crippen molar-refractivity contribution in [2.24, 2.45) is 5.92 Å². The van der Waals surface area contributed by atoms with Gasteiger partial charge in [-0.3, -0.25) is 0 Å². The number of nitrogens with zero attached hydrogens (tertiary/aromatic N) is 5. The van der Waals surface area contributed by atoms with Crippen molar-refractivity contribution < 1.29 is 19.4 Å². The van der Waals surface area contributed by atoms with Crippen LogP contribution in [0.1, 0.15) is 34.6 Å². The molecular formula is C18H21N7O3. The Hall–Kier alpha value is -3.27. The molecule has 4 rings (SSSR count). The Morgan fingerprint density at radius 3 is 2.64 bits per heavy atom. The lowest BCUT2D eigenvalue weighted by atomic mass is 9.90. The number of aromatic carboxylic acids is 1. The SMILES string of the molecule is Nc1nonc1-n1nnc(C(=O)[O-])c1C[NH+]1CCC(Cc2ccccc2)CC1. The number of hydrogen-bond donors (Lipinski definition) is 2. The van der Waals surface area contributed by atoms with E-state index >= 15 is 0 Å². The van der Waals surface area contributed by atoms with Crippen LogP contribution in [0, 0.1) is 5.92 Å². The summed E-state index contributed by atoms with van der Waals surface area (Å²) in [5, 5.41) is 26.3. The fourth-order valence-corrected chi connectivity index (χ4v) is 3.78. The summed E-state index contributed by atoms with van der Waals surface area (Å²) < 4.78 is 5.88. The number of nitrogens with one attached hydrogen (secondary N) is 1. The molecule has 1 aliphatic heterocycles. The topological polar surface area (TPSA) is 140 Å². The number of benzene rings is 1. The van der Waals surface area contributed by atoms with Gasteiger partial charge in [0.15, 0.2) is 0 Å². The molecule has 0 amide bonds. The summed E-state index contributed by atoms with van der Waals surface area (Å²) >= 11 is 0. The molecule has 1 saturated heterocycles. The highest BCUT2D eigenvalue weighted by Crippen LogP contribution is 2.18. The summed E-state index contributed by atoms with van der Waals surface area (Å²) in [5.41, 5.74) is 7.26. The Kier molecular flexibility index (Phi) is 5.02. The molecule has 10 heteroatoms. The maximum atomic E-state index is 11.5. The van der Waals surface area contributed by atoms with Crippen molar-refractivity contribution in [2.45, 2.75) is 25.8 Å². The number of carbonyl (C=O) groups is 1. The first-order chi connectivity index (χ1) is 13.6. The van der Waals surface area contributed by atoms with Crippen molar-refractivity contribution in [3.8, 4) is 5.82 Å². The van der Waals surface area contributed by atoms with E-state index in [1.54, 1.807) is 0 Å². The summed E-state index contributed by atoms with van der Waals surface area (Å²) in [4.78, 5) is 12.7. The molecule has 0 atom stereocenters. The molecule has 0 spiro atoms. The lowest BCUT2D eigenvalue weighted by molar-refractivity contribution is -0.920. The van der Waals surface area contributed by atoms with Crippen molar-refractivity contribution >= 4 is 11.8 Å². The predicted molar refractivity (Wildman–Crippen MR) is 95.2 cm³/mol. The molecule has 3 heterocycles. The minimum absolute atomic E-state index is 0.0209. The number of hydrogen-bond acceptors (Lipinski definition) is 8. The molecule has 10 nitrogen and oxygen atoms in total. The van der Waals surface area contributed by atoms with Crippen LogP contribution in [0.15, 0.2) is 35.0 Å². The number of rotatable bonds is 6. The van der Waals surface area contributed by atoms with E-state index in [-0.39, 0.29) is 17.3 Å². The van der Waals surface area contributed by atoms with Gasteiger partial charge < -0.3 is 20.5 Å². The number of quaternary nitrogens is 1. The molecule has 28 heavy (non-hydrogen) atoms. The number of carboxylic acids is 1. The van der Waals surface area contributed by atoms with Crippen molar-refractivity contribution in [2.75, 3.05) is 18.8 Å². The first-order valence-corrected chi connectivity index (χ1v) is 9.23. The minimum atomic E-state index is -1.38. The summed E-state index contributed by atoms with van der Waals surface area (Å²) in [7, 11) is 0. The molecule has 146 valence electrons. The Morgan fingerprint density at radius 1 is 1.25 bits per heavy atom. The predicted octanol–water partition coefficient (Wildman–Crippen LogP) is -1.37. The van der Waals surface area contributed by atoms with Gasteiger partial charge in [0.25, 0.3) is 0 Å². The molecule has 3 aromatic rings. The number of carbonyl (C=O) groups excluding carboxylic acids is 1. The third kappa shape index (κ3) is 3.72. The van der Waals surface area contributed by atoms with E-state index in [0.29, 0.717) is 18.2 Å². The average molecular weight is 383 g/mol. The normalized spacial score (nSPS) is 19.6. The first kappa shape index (κ1) is 18.1. The fourth-order valence-electron chi connectivity index (χ4n) is 3.78. The molecule has 0 unspecified atom stereocenters. The van der Waals surface area contributed by atoms with Crippen molar-refractivity contribution in [1.29, 1.82) is 0 Å². The molecule has 1 aliphatic rings. The highest BCUT2D eigenvalue weighted by Gasteiger charge is 2.27. The van der Waals surface area contributed by atoms with Crippen LogP contribution in [0.3, 0.4) is 0 Å². The maximum absolute atomic E-state index is 11.5. The number of anilines is 1. The quantitative estimate of drug-likeness (QED) is 0.531. The van der Waals surface area contributed by atoms with Crippen molar-refractivity contribution in [3.05, 3.63) is 47.3 Å². The van der Waals surface area contributed by atoms with Crippen LogP contribution in [0.4, 0.5) is 5.82 Å². The van der Waals surface area contributed by atoms with Gasteiger partial charge in [0.2, 0.25) is 11.6 Å². The van der Waals surface area contributed by atoms with Gasteiger partial charge in [0.05, 0.1) is 19.1 Å². The molecular weight excluding hydrogens is 362 g/mol. The van der Waals surface area contributed by atoms with Gasteiger partial charge in [-0.1, -0.05) is 35.5 Å². The minimum Gasteiger partial charge on any atom is -0.543 e. The second kappa shape index (κ2) is 7.77. The van der Waals surface area contributed by atoms with E-state index in [4.69, 9.17) is 5.73 Å². The van der Waals surface area contributed by atoms with E-state index in [2.05, 4.69) is 49.5 Å². The summed E-state index contributed by atoms with van der Waals surface area (Å²) in [6.07, 6.45) is 3.21. The lowest BCUT2D eigenvalue weighted by Crippen LogP contribution is -3.11. The second-order valence-corrected chi connectivity index (χ2v) is 7.12. The van der Waals surface area contributed by atoms with Crippen molar-refractivity contribution in [1.82, 2.24) is 25.3 Å². The monoisotopic (exact) mass is 383 g/mol.